The van der Waals surface area contributed by atoms with E-state index in [2.05, 4.69) is 24.3 Å². The number of benzene rings is 1. The van der Waals surface area contributed by atoms with Crippen molar-refractivity contribution in [3.05, 3.63) is 47.8 Å². The Morgan fingerprint density at radius 2 is 1.81 bits per heavy atom. The van der Waals surface area contributed by atoms with Gasteiger partial charge >= 0.3 is 0 Å². The molecule has 3 rings (SSSR count). The van der Waals surface area contributed by atoms with Crippen LogP contribution in [0.2, 0.25) is 0 Å². The zero-order valence-corrected chi connectivity index (χ0v) is 15.6. The molecule has 26 heavy (non-hydrogen) atoms. The molecule has 1 aliphatic carbocycles. The molecule has 1 aromatic heterocycles. The molecule has 0 spiro atoms. The molecule has 6 heteroatoms. The molecule has 2 aromatic rings. The minimum absolute atomic E-state index is 0.166. The van der Waals surface area contributed by atoms with Crippen molar-refractivity contribution in [3.63, 3.8) is 0 Å². The summed E-state index contributed by atoms with van der Waals surface area (Å²) in [5.74, 6) is -0.781. The molecule has 1 aromatic carbocycles. The number of rotatable bonds is 4. The highest BCUT2D eigenvalue weighted by Gasteiger charge is 2.44. The average molecular weight is 354 g/mol. The average Bonchev–Trinajstić information content (AvgIpc) is 3.07. The molecular weight excluding hydrogens is 328 g/mol. The monoisotopic (exact) mass is 354 g/mol. The summed E-state index contributed by atoms with van der Waals surface area (Å²) in [7, 11) is 0. The van der Waals surface area contributed by atoms with Crippen molar-refractivity contribution in [2.24, 2.45) is 11.1 Å². The molecule has 138 valence electrons. The van der Waals surface area contributed by atoms with Crippen LogP contribution in [0.25, 0.3) is 5.69 Å². The third-order valence-electron chi connectivity index (χ3n) is 5.49. The second kappa shape index (κ2) is 6.59. The van der Waals surface area contributed by atoms with Gasteiger partial charge in [-0.3, -0.25) is 9.59 Å². The third kappa shape index (κ3) is 3.49. The van der Waals surface area contributed by atoms with Gasteiger partial charge in [-0.05, 0) is 49.7 Å². The molecule has 0 bridgehead atoms. The van der Waals surface area contributed by atoms with Gasteiger partial charge in [-0.25, -0.2) is 4.68 Å². The normalized spacial score (nSPS) is 18.3. The summed E-state index contributed by atoms with van der Waals surface area (Å²) in [5, 5.41) is 7.19. The van der Waals surface area contributed by atoms with Crippen LogP contribution >= 0.6 is 0 Å². The minimum Gasteiger partial charge on any atom is -0.368 e. The first-order valence-corrected chi connectivity index (χ1v) is 8.96. The number of nitrogens with zero attached hydrogens (tertiary/aromatic N) is 2. The molecular formula is C20H26N4O2. The summed E-state index contributed by atoms with van der Waals surface area (Å²) in [4.78, 5) is 24.9. The summed E-state index contributed by atoms with van der Waals surface area (Å²) >= 11 is 0. The number of carbonyl (C=O) groups excluding carboxylic acids is 2. The second-order valence-corrected chi connectivity index (χ2v) is 8.02. The molecule has 0 atom stereocenters. The highest BCUT2D eigenvalue weighted by atomic mass is 16.2. The number of nitrogens with two attached hydrogens (primary N) is 1. The molecule has 0 unspecified atom stereocenters. The maximum Gasteiger partial charge on any atom is 0.255 e. The Kier molecular flexibility index (Phi) is 4.61. The Morgan fingerprint density at radius 3 is 2.42 bits per heavy atom. The lowest BCUT2D eigenvalue weighted by atomic mass is 9.69. The Labute approximate surface area is 153 Å². The van der Waals surface area contributed by atoms with Gasteiger partial charge in [0.05, 0.1) is 17.4 Å². The standard InChI is InChI=1S/C20H26N4O2/c1-14-6-4-5-7-16(14)24-13-15(12-22-24)17(25)23-20(18(21)26)10-8-19(2,3)9-11-20/h4-7,12-13H,8-11H2,1-3H3,(H2,21,26)(H,23,25). The second-order valence-electron chi connectivity index (χ2n) is 8.02. The fourth-order valence-electron chi connectivity index (χ4n) is 3.47. The molecule has 0 saturated heterocycles. The number of amides is 2. The molecule has 1 heterocycles. The zero-order valence-electron chi connectivity index (χ0n) is 15.6. The first-order chi connectivity index (χ1) is 12.2. The molecule has 1 aliphatic rings. The number of carbonyl (C=O) groups is 2. The molecule has 3 N–H and O–H groups in total. The third-order valence-corrected chi connectivity index (χ3v) is 5.49. The Morgan fingerprint density at radius 1 is 1.15 bits per heavy atom. The van der Waals surface area contributed by atoms with Crippen LogP contribution in [0.4, 0.5) is 0 Å². The van der Waals surface area contributed by atoms with Crippen LogP contribution in [0.5, 0.6) is 0 Å². The van der Waals surface area contributed by atoms with E-state index in [0.717, 1.165) is 24.1 Å². The van der Waals surface area contributed by atoms with Gasteiger partial charge in [0.25, 0.3) is 5.91 Å². The molecule has 1 saturated carbocycles. The van der Waals surface area contributed by atoms with Crippen LogP contribution in [0.15, 0.2) is 36.7 Å². The van der Waals surface area contributed by atoms with Gasteiger partial charge in [-0.15, -0.1) is 0 Å². The van der Waals surface area contributed by atoms with Gasteiger partial charge in [0, 0.05) is 6.20 Å². The summed E-state index contributed by atoms with van der Waals surface area (Å²) in [5.41, 5.74) is 7.24. The van der Waals surface area contributed by atoms with Gasteiger partial charge in [0.1, 0.15) is 5.54 Å². The van der Waals surface area contributed by atoms with Crippen molar-refractivity contribution in [1.29, 1.82) is 0 Å². The van der Waals surface area contributed by atoms with Crippen LogP contribution in [0.3, 0.4) is 0 Å². The van der Waals surface area contributed by atoms with E-state index in [1.165, 1.54) is 6.20 Å². The van der Waals surface area contributed by atoms with Crippen molar-refractivity contribution in [3.8, 4) is 5.69 Å². The fourth-order valence-corrected chi connectivity index (χ4v) is 3.47. The maximum atomic E-state index is 12.7. The Balaban J connectivity index is 1.79. The van der Waals surface area contributed by atoms with Gasteiger partial charge in [-0.2, -0.15) is 5.10 Å². The van der Waals surface area contributed by atoms with Crippen LogP contribution in [0, 0.1) is 12.3 Å². The van der Waals surface area contributed by atoms with E-state index in [-0.39, 0.29) is 11.3 Å². The predicted molar refractivity (Wildman–Crippen MR) is 99.9 cm³/mol. The fraction of sp³-hybridized carbons (Fsp3) is 0.450. The number of hydrogen-bond donors (Lipinski definition) is 2. The van der Waals surface area contributed by atoms with E-state index >= 15 is 0 Å². The molecule has 6 nitrogen and oxygen atoms in total. The smallest absolute Gasteiger partial charge is 0.255 e. The number of primary amides is 1. The molecule has 2 amide bonds. The highest BCUT2D eigenvalue weighted by Crippen LogP contribution is 2.40. The van der Waals surface area contributed by atoms with Crippen LogP contribution < -0.4 is 11.1 Å². The molecule has 0 radical (unpaired) electrons. The number of hydrogen-bond acceptors (Lipinski definition) is 3. The van der Waals surface area contributed by atoms with Gasteiger partial charge in [0.2, 0.25) is 5.91 Å². The first kappa shape index (κ1) is 18.2. The number of para-hydroxylation sites is 1. The van der Waals surface area contributed by atoms with Gasteiger partial charge in [-0.1, -0.05) is 32.0 Å². The van der Waals surface area contributed by atoms with Gasteiger partial charge < -0.3 is 11.1 Å². The van der Waals surface area contributed by atoms with E-state index in [1.807, 2.05) is 31.2 Å². The minimum atomic E-state index is -0.975. The largest absolute Gasteiger partial charge is 0.368 e. The van der Waals surface area contributed by atoms with Crippen LogP contribution in [0.1, 0.15) is 55.5 Å². The lowest BCUT2D eigenvalue weighted by Crippen LogP contribution is -2.59. The summed E-state index contributed by atoms with van der Waals surface area (Å²) in [6.45, 7) is 6.33. The first-order valence-electron chi connectivity index (χ1n) is 8.96. The number of aryl methyl sites for hydroxylation is 1. The van der Waals surface area contributed by atoms with E-state index in [0.29, 0.717) is 18.4 Å². The van der Waals surface area contributed by atoms with Crippen LogP contribution in [-0.2, 0) is 4.79 Å². The zero-order chi connectivity index (χ0) is 18.9. The quantitative estimate of drug-likeness (QED) is 0.884. The molecule has 1 fully saturated rings. The van der Waals surface area contributed by atoms with E-state index in [1.54, 1.807) is 10.9 Å². The van der Waals surface area contributed by atoms with E-state index in [4.69, 9.17) is 5.73 Å². The number of nitrogens with one attached hydrogen (secondary N) is 1. The Hall–Kier alpha value is -2.63. The predicted octanol–water partition coefficient (Wildman–Crippen LogP) is 2.73. The van der Waals surface area contributed by atoms with Crippen LogP contribution in [-0.4, -0.2) is 27.1 Å². The molecule has 0 aliphatic heterocycles. The summed E-state index contributed by atoms with van der Waals surface area (Å²) in [6.07, 6.45) is 6.01. The summed E-state index contributed by atoms with van der Waals surface area (Å²) < 4.78 is 1.67. The summed E-state index contributed by atoms with van der Waals surface area (Å²) in [6, 6.07) is 7.81. The van der Waals surface area contributed by atoms with Crippen molar-refractivity contribution >= 4 is 11.8 Å². The topological polar surface area (TPSA) is 90.0 Å². The van der Waals surface area contributed by atoms with Crippen molar-refractivity contribution in [1.82, 2.24) is 15.1 Å². The lowest BCUT2D eigenvalue weighted by Gasteiger charge is -2.41. The van der Waals surface area contributed by atoms with E-state index in [9.17, 15) is 9.59 Å². The maximum absolute atomic E-state index is 12.7. The van der Waals surface area contributed by atoms with Crippen molar-refractivity contribution < 1.29 is 9.59 Å². The Bertz CT molecular complexity index is 828. The van der Waals surface area contributed by atoms with Crippen molar-refractivity contribution in [2.45, 2.75) is 52.0 Å². The van der Waals surface area contributed by atoms with Crippen molar-refractivity contribution in [2.75, 3.05) is 0 Å². The SMILES string of the molecule is Cc1ccccc1-n1cc(C(=O)NC2(C(N)=O)CCC(C)(C)CC2)cn1. The highest BCUT2D eigenvalue weighted by molar-refractivity contribution is 5.98. The number of aromatic nitrogens is 2. The lowest BCUT2D eigenvalue weighted by molar-refractivity contribution is -0.126. The van der Waals surface area contributed by atoms with E-state index < -0.39 is 11.4 Å². The van der Waals surface area contributed by atoms with Gasteiger partial charge in [0.15, 0.2) is 0 Å².